The zero-order chi connectivity index (χ0) is 22.9. The molecule has 0 unspecified atom stereocenters. The summed E-state index contributed by atoms with van der Waals surface area (Å²) in [6.45, 7) is 1.51. The third-order valence-corrected chi connectivity index (χ3v) is 5.60. The molecule has 31 heavy (non-hydrogen) atoms. The number of carbonyl (C=O) groups excluding carboxylic acids is 2. The zero-order valence-electron chi connectivity index (χ0n) is 16.5. The molecule has 0 bridgehead atoms. The van der Waals surface area contributed by atoms with Crippen LogP contribution in [0.3, 0.4) is 0 Å². The van der Waals surface area contributed by atoms with E-state index in [2.05, 4.69) is 0 Å². The number of fused-ring (bicyclic) bond motifs is 1. The number of hydrogen-bond acceptors (Lipinski definition) is 7. The van der Waals surface area contributed by atoms with Crippen molar-refractivity contribution in [1.82, 2.24) is 5.06 Å². The highest BCUT2D eigenvalue weighted by atomic mass is 16.8. The highest BCUT2D eigenvalue weighted by Crippen LogP contribution is 2.42. The van der Waals surface area contributed by atoms with Gasteiger partial charge in [-0.15, -0.1) is 5.06 Å². The molecule has 0 saturated carbocycles. The molecular formula is C20H21NO10. The maximum atomic E-state index is 12.6. The van der Waals surface area contributed by atoms with Crippen molar-refractivity contribution in [3.63, 3.8) is 0 Å². The molecule has 1 aromatic rings. The van der Waals surface area contributed by atoms with Gasteiger partial charge in [0.25, 0.3) is 11.8 Å². The monoisotopic (exact) mass is 435 g/mol. The molecule has 2 amide bonds. The fourth-order valence-electron chi connectivity index (χ4n) is 4.22. The summed E-state index contributed by atoms with van der Waals surface area (Å²) in [6.07, 6.45) is -3.83. The third kappa shape index (κ3) is 4.57. The van der Waals surface area contributed by atoms with Crippen LogP contribution >= 0.6 is 0 Å². The van der Waals surface area contributed by atoms with Crippen LogP contribution in [0.2, 0.25) is 0 Å². The second-order valence-corrected chi connectivity index (χ2v) is 7.55. The average Bonchev–Trinajstić information content (AvgIpc) is 2.92. The highest BCUT2D eigenvalue weighted by molar-refractivity contribution is 6.20. The first-order chi connectivity index (χ1) is 14.6. The normalized spacial score (nSPS) is 27.8. The predicted octanol–water partition coefficient (Wildman–Crippen LogP) is 1.23. The van der Waals surface area contributed by atoms with E-state index >= 15 is 0 Å². The second kappa shape index (κ2) is 8.82. The molecule has 11 nitrogen and oxygen atoms in total. The van der Waals surface area contributed by atoms with Crippen LogP contribution in [0, 0.1) is 17.8 Å². The maximum Gasteiger partial charge on any atom is 0.303 e. The summed E-state index contributed by atoms with van der Waals surface area (Å²) in [5.41, 5.74) is 0.217. The molecule has 2 heterocycles. The first-order valence-electron chi connectivity index (χ1n) is 9.55. The topological polar surface area (TPSA) is 168 Å². The number of hydrogen-bond donors (Lipinski definition) is 3. The van der Waals surface area contributed by atoms with Gasteiger partial charge in [-0.05, 0) is 30.9 Å². The van der Waals surface area contributed by atoms with Crippen LogP contribution in [0.4, 0.5) is 0 Å². The Balaban J connectivity index is 1.92. The van der Waals surface area contributed by atoms with Gasteiger partial charge in [-0.1, -0.05) is 12.1 Å². The van der Waals surface area contributed by atoms with Gasteiger partial charge in [0.1, 0.15) is 0 Å². The number of benzene rings is 1. The van der Waals surface area contributed by atoms with Gasteiger partial charge < -0.3 is 20.1 Å². The number of imide groups is 1. The lowest BCUT2D eigenvalue weighted by atomic mass is 9.71. The smallest absolute Gasteiger partial charge is 0.303 e. The van der Waals surface area contributed by atoms with Crippen LogP contribution < -0.4 is 0 Å². The molecule has 1 aromatic carbocycles. The fourth-order valence-corrected chi connectivity index (χ4v) is 4.22. The average molecular weight is 435 g/mol. The standard InChI is InChI=1S/C20H21NO10/c1-9-12(6-15(22)23)13(7-16(24)25)14(8-17(26)27)20(30-9)31-21-18(28)10-4-2-3-5-11(10)19(21)29/h2-5,9,12-14,20H,6-8H2,1H3,(H,22,23)(H,24,25)(H,26,27)/t9-,12-,13+,14-,20-/m0/s1. The second-order valence-electron chi connectivity index (χ2n) is 7.55. The molecular weight excluding hydrogens is 414 g/mol. The van der Waals surface area contributed by atoms with E-state index in [1.54, 1.807) is 12.1 Å². The van der Waals surface area contributed by atoms with Gasteiger partial charge in [0, 0.05) is 12.3 Å². The van der Waals surface area contributed by atoms with E-state index in [1.165, 1.54) is 19.1 Å². The van der Waals surface area contributed by atoms with Crippen LogP contribution in [0.1, 0.15) is 46.9 Å². The highest BCUT2D eigenvalue weighted by Gasteiger charge is 2.49. The summed E-state index contributed by atoms with van der Waals surface area (Å²) in [4.78, 5) is 64.9. The van der Waals surface area contributed by atoms with Gasteiger partial charge in [0.05, 0.1) is 30.1 Å². The van der Waals surface area contributed by atoms with E-state index in [0.29, 0.717) is 5.06 Å². The molecule has 0 aromatic heterocycles. The zero-order valence-corrected chi connectivity index (χ0v) is 16.5. The first-order valence-corrected chi connectivity index (χ1v) is 9.55. The number of carboxylic acids is 3. The Bertz CT molecular complexity index is 893. The van der Waals surface area contributed by atoms with Crippen molar-refractivity contribution in [3.8, 4) is 0 Å². The number of carboxylic acid groups (broad SMARTS) is 3. The quantitative estimate of drug-likeness (QED) is 0.505. The fraction of sp³-hybridized carbons (Fsp3) is 0.450. The Morgan fingerprint density at radius 2 is 1.32 bits per heavy atom. The summed E-state index contributed by atoms with van der Waals surface area (Å²) >= 11 is 0. The Hall–Kier alpha value is -3.31. The lowest BCUT2D eigenvalue weighted by Crippen LogP contribution is -2.52. The van der Waals surface area contributed by atoms with Gasteiger partial charge in [-0.25, -0.2) is 4.84 Å². The van der Waals surface area contributed by atoms with Crippen LogP contribution in [0.5, 0.6) is 0 Å². The molecule has 0 radical (unpaired) electrons. The molecule has 0 aliphatic carbocycles. The molecule has 11 heteroatoms. The van der Waals surface area contributed by atoms with Gasteiger partial charge >= 0.3 is 17.9 Å². The van der Waals surface area contributed by atoms with Crippen molar-refractivity contribution in [3.05, 3.63) is 35.4 Å². The molecule has 3 N–H and O–H groups in total. The molecule has 166 valence electrons. The Kier molecular flexibility index (Phi) is 6.37. The van der Waals surface area contributed by atoms with Crippen LogP contribution in [-0.2, 0) is 24.0 Å². The summed E-state index contributed by atoms with van der Waals surface area (Å²) < 4.78 is 5.69. The SMILES string of the molecule is C[C@@H]1O[C@@H](ON2C(=O)c3ccccc3C2=O)[C@@H](CC(=O)O)[C@H](CC(=O)O)[C@H]1CC(=O)O. The Labute approximate surface area is 176 Å². The number of carbonyl (C=O) groups is 5. The maximum absolute atomic E-state index is 12.6. The van der Waals surface area contributed by atoms with E-state index in [-0.39, 0.29) is 11.1 Å². The lowest BCUT2D eigenvalue weighted by Gasteiger charge is -2.45. The van der Waals surface area contributed by atoms with Gasteiger partial charge in [0.2, 0.25) is 0 Å². The van der Waals surface area contributed by atoms with Crippen molar-refractivity contribution >= 4 is 29.7 Å². The molecule has 3 rings (SSSR count). The van der Waals surface area contributed by atoms with Crippen molar-refractivity contribution < 1.29 is 48.9 Å². The molecule has 1 saturated heterocycles. The first kappa shape index (κ1) is 22.4. The van der Waals surface area contributed by atoms with Crippen LogP contribution in [0.25, 0.3) is 0 Å². The van der Waals surface area contributed by atoms with Crippen LogP contribution in [0.15, 0.2) is 24.3 Å². The minimum Gasteiger partial charge on any atom is -0.481 e. The van der Waals surface area contributed by atoms with Gasteiger partial charge in [-0.3, -0.25) is 24.0 Å². The number of ether oxygens (including phenoxy) is 1. The van der Waals surface area contributed by atoms with Crippen molar-refractivity contribution in [1.29, 1.82) is 0 Å². The minimum atomic E-state index is -1.44. The number of aliphatic carboxylic acids is 3. The molecule has 2 aliphatic rings. The van der Waals surface area contributed by atoms with Gasteiger partial charge in [0.15, 0.2) is 6.29 Å². The molecule has 2 aliphatic heterocycles. The molecule has 5 atom stereocenters. The number of amides is 2. The van der Waals surface area contributed by atoms with Crippen molar-refractivity contribution in [2.45, 2.75) is 38.6 Å². The number of nitrogens with zero attached hydrogens (tertiary/aromatic N) is 1. The largest absolute Gasteiger partial charge is 0.481 e. The molecule has 0 spiro atoms. The van der Waals surface area contributed by atoms with E-state index in [9.17, 15) is 39.3 Å². The predicted molar refractivity (Wildman–Crippen MR) is 99.6 cm³/mol. The molecule has 1 fully saturated rings. The minimum absolute atomic E-state index is 0.108. The number of rotatable bonds is 8. The summed E-state index contributed by atoms with van der Waals surface area (Å²) in [5.74, 6) is -8.09. The van der Waals surface area contributed by atoms with Gasteiger partial charge in [-0.2, -0.15) is 0 Å². The summed E-state index contributed by atoms with van der Waals surface area (Å²) in [5, 5.41) is 28.4. The third-order valence-electron chi connectivity index (χ3n) is 5.60. The van der Waals surface area contributed by atoms with Crippen LogP contribution in [-0.4, -0.2) is 62.5 Å². The Morgan fingerprint density at radius 3 is 1.81 bits per heavy atom. The summed E-state index contributed by atoms with van der Waals surface area (Å²) in [6, 6.07) is 6.01. The van der Waals surface area contributed by atoms with Crippen molar-refractivity contribution in [2.75, 3.05) is 0 Å². The van der Waals surface area contributed by atoms with Crippen molar-refractivity contribution in [2.24, 2.45) is 17.8 Å². The van der Waals surface area contributed by atoms with E-state index in [0.717, 1.165) is 0 Å². The van der Waals surface area contributed by atoms with E-state index in [4.69, 9.17) is 9.57 Å². The Morgan fingerprint density at radius 1 is 0.871 bits per heavy atom. The van der Waals surface area contributed by atoms with E-state index in [1.807, 2.05) is 0 Å². The van der Waals surface area contributed by atoms with E-state index < -0.39 is 79.1 Å². The lowest BCUT2D eigenvalue weighted by molar-refractivity contribution is -0.306. The summed E-state index contributed by atoms with van der Waals surface area (Å²) in [7, 11) is 0. The number of hydroxylamine groups is 2.